The Morgan fingerprint density at radius 3 is 2.76 bits per heavy atom. The van der Waals surface area contributed by atoms with Gasteiger partial charge in [0.15, 0.2) is 0 Å². The average molecular weight is 300 g/mol. The first kappa shape index (κ1) is 15.3. The van der Waals surface area contributed by atoms with Crippen molar-refractivity contribution in [3.8, 4) is 0 Å². The summed E-state index contributed by atoms with van der Waals surface area (Å²) in [4.78, 5) is 23.2. The smallest absolute Gasteiger partial charge is 0.347 e. The fourth-order valence-corrected chi connectivity index (χ4v) is 2.24. The van der Waals surface area contributed by atoms with Crippen LogP contribution in [0.4, 0.5) is 18.9 Å². The van der Waals surface area contributed by atoms with Crippen molar-refractivity contribution >= 4 is 17.5 Å². The number of hydrogen-bond donors (Lipinski definition) is 2. The predicted molar refractivity (Wildman–Crippen MR) is 70.6 cm³/mol. The van der Waals surface area contributed by atoms with Gasteiger partial charge in [-0.05, 0) is 24.5 Å². The number of rotatable bonds is 4. The summed E-state index contributed by atoms with van der Waals surface area (Å²) in [6.45, 7) is -1.34. The van der Waals surface area contributed by atoms with Crippen LogP contribution in [0.15, 0.2) is 24.3 Å². The number of hydrogen-bond acceptors (Lipinski definition) is 2. The number of halogens is 3. The van der Waals surface area contributed by atoms with E-state index in [1.54, 1.807) is 11.4 Å². The van der Waals surface area contributed by atoms with Gasteiger partial charge in [0.05, 0.1) is 0 Å². The van der Waals surface area contributed by atoms with Crippen molar-refractivity contribution in [2.75, 3.05) is 11.9 Å². The van der Waals surface area contributed by atoms with Gasteiger partial charge in [0.2, 0.25) is 11.8 Å². The molecule has 1 heterocycles. The Kier molecular flexibility index (Phi) is 4.50. The molecule has 0 saturated heterocycles. The first-order chi connectivity index (χ1) is 9.85. The van der Waals surface area contributed by atoms with Crippen LogP contribution in [0.1, 0.15) is 18.4 Å². The Hall–Kier alpha value is -2.05. The van der Waals surface area contributed by atoms with Crippen molar-refractivity contribution in [2.24, 2.45) is 5.92 Å². The molecule has 0 saturated carbocycles. The van der Waals surface area contributed by atoms with Crippen molar-refractivity contribution < 1.29 is 22.8 Å². The Morgan fingerprint density at radius 1 is 1.33 bits per heavy atom. The highest BCUT2D eigenvalue weighted by molar-refractivity contribution is 5.96. The maximum absolute atomic E-state index is 12.0. The molecule has 1 unspecified atom stereocenters. The zero-order valence-electron chi connectivity index (χ0n) is 11.2. The molecule has 0 aliphatic carbocycles. The quantitative estimate of drug-likeness (QED) is 0.896. The van der Waals surface area contributed by atoms with E-state index >= 15 is 0 Å². The maximum Gasteiger partial charge on any atom is 0.405 e. The monoisotopic (exact) mass is 300 g/mol. The molecule has 21 heavy (non-hydrogen) atoms. The number of fused-ring (bicyclic) bond motifs is 1. The predicted octanol–water partition coefficient (Wildman–Crippen LogP) is 2.26. The van der Waals surface area contributed by atoms with Crippen molar-refractivity contribution in [3.63, 3.8) is 0 Å². The molecule has 1 aromatic carbocycles. The minimum Gasteiger partial charge on any atom is -0.347 e. The summed E-state index contributed by atoms with van der Waals surface area (Å²) in [6, 6.07) is 7.33. The van der Waals surface area contributed by atoms with E-state index in [1.165, 1.54) is 0 Å². The van der Waals surface area contributed by atoms with E-state index in [9.17, 15) is 22.8 Å². The van der Waals surface area contributed by atoms with E-state index < -0.39 is 24.5 Å². The molecule has 2 rings (SSSR count). The molecule has 1 aliphatic heterocycles. The number of nitrogens with one attached hydrogen (secondary N) is 2. The molecule has 0 bridgehead atoms. The highest BCUT2D eigenvalue weighted by Gasteiger charge is 2.29. The summed E-state index contributed by atoms with van der Waals surface area (Å²) in [7, 11) is 0. The average Bonchev–Trinajstić information content (AvgIpc) is 2.42. The molecule has 0 aromatic heterocycles. The highest BCUT2D eigenvalue weighted by atomic mass is 19.4. The fraction of sp³-hybridized carbons (Fsp3) is 0.429. The minimum absolute atomic E-state index is 0.101. The van der Waals surface area contributed by atoms with Crippen molar-refractivity contribution in [1.82, 2.24) is 5.32 Å². The molecule has 4 nitrogen and oxygen atoms in total. The molecule has 0 fully saturated rings. The molecule has 0 radical (unpaired) electrons. The standard InChI is InChI=1S/C14H15F3N2O2/c15-14(16,17)8-18-12(20)6-5-10-7-9-3-1-2-4-11(9)19-13(10)21/h1-4,10H,5-8H2,(H,18,20)(H,19,21). The molecule has 1 atom stereocenters. The number of amides is 2. The van der Waals surface area contributed by atoms with Gasteiger partial charge in [0.1, 0.15) is 6.54 Å². The van der Waals surface area contributed by atoms with Crippen LogP contribution in [0.5, 0.6) is 0 Å². The molecule has 2 amide bonds. The molecule has 7 heteroatoms. The number of benzene rings is 1. The van der Waals surface area contributed by atoms with Crippen LogP contribution < -0.4 is 10.6 Å². The molecule has 0 spiro atoms. The maximum atomic E-state index is 12.0. The Morgan fingerprint density at radius 2 is 2.05 bits per heavy atom. The van der Waals surface area contributed by atoms with Crippen LogP contribution in [0.2, 0.25) is 0 Å². The van der Waals surface area contributed by atoms with E-state index in [0.29, 0.717) is 6.42 Å². The second kappa shape index (κ2) is 6.15. The first-order valence-electron chi connectivity index (χ1n) is 6.57. The van der Waals surface area contributed by atoms with Crippen LogP contribution in [-0.2, 0) is 16.0 Å². The van der Waals surface area contributed by atoms with E-state index in [2.05, 4.69) is 5.32 Å². The van der Waals surface area contributed by atoms with Crippen LogP contribution in [0, 0.1) is 5.92 Å². The van der Waals surface area contributed by atoms with Gasteiger partial charge in [-0.1, -0.05) is 18.2 Å². The van der Waals surface area contributed by atoms with Gasteiger partial charge in [-0.2, -0.15) is 13.2 Å². The summed E-state index contributed by atoms with van der Waals surface area (Å²) < 4.78 is 35.9. The van der Waals surface area contributed by atoms with E-state index in [-0.39, 0.29) is 18.7 Å². The minimum atomic E-state index is -4.42. The van der Waals surface area contributed by atoms with Gasteiger partial charge in [0.25, 0.3) is 0 Å². The number of carbonyl (C=O) groups is 2. The van der Waals surface area contributed by atoms with Gasteiger partial charge in [0, 0.05) is 18.0 Å². The zero-order chi connectivity index (χ0) is 15.5. The normalized spacial score (nSPS) is 17.9. The lowest BCUT2D eigenvalue weighted by molar-refractivity contribution is -0.138. The summed E-state index contributed by atoms with van der Waals surface area (Å²) >= 11 is 0. The lowest BCUT2D eigenvalue weighted by Crippen LogP contribution is -2.35. The lowest BCUT2D eigenvalue weighted by atomic mass is 9.89. The SMILES string of the molecule is O=C(CCC1Cc2ccccc2NC1=O)NCC(F)(F)F. The van der Waals surface area contributed by atoms with Crippen LogP contribution in [-0.4, -0.2) is 24.5 Å². The molecule has 1 aromatic rings. The van der Waals surface area contributed by atoms with Crippen molar-refractivity contribution in [1.29, 1.82) is 0 Å². The van der Waals surface area contributed by atoms with Crippen LogP contribution in [0.25, 0.3) is 0 Å². The number of alkyl halides is 3. The summed E-state index contributed by atoms with van der Waals surface area (Å²) in [5.41, 5.74) is 1.72. The first-order valence-corrected chi connectivity index (χ1v) is 6.57. The highest BCUT2D eigenvalue weighted by Crippen LogP contribution is 2.27. The third-order valence-electron chi connectivity index (χ3n) is 3.32. The Labute approximate surface area is 119 Å². The number of para-hydroxylation sites is 1. The second-order valence-corrected chi connectivity index (χ2v) is 4.98. The molecular formula is C14H15F3N2O2. The third kappa shape index (κ3) is 4.47. The summed E-state index contributed by atoms with van der Waals surface area (Å²) in [5, 5.41) is 4.54. The van der Waals surface area contributed by atoms with E-state index in [0.717, 1.165) is 11.3 Å². The largest absolute Gasteiger partial charge is 0.405 e. The van der Waals surface area contributed by atoms with Crippen LogP contribution >= 0.6 is 0 Å². The topological polar surface area (TPSA) is 58.2 Å². The van der Waals surface area contributed by atoms with Gasteiger partial charge in [-0.25, -0.2) is 0 Å². The Bertz CT molecular complexity index is 543. The molecule has 1 aliphatic rings. The summed E-state index contributed by atoms with van der Waals surface area (Å²) in [6.07, 6.45) is -3.80. The number of carbonyl (C=O) groups excluding carboxylic acids is 2. The third-order valence-corrected chi connectivity index (χ3v) is 3.32. The van der Waals surface area contributed by atoms with Gasteiger partial charge >= 0.3 is 6.18 Å². The van der Waals surface area contributed by atoms with Gasteiger partial charge in [-0.15, -0.1) is 0 Å². The zero-order valence-corrected chi connectivity index (χ0v) is 11.2. The fourth-order valence-electron chi connectivity index (χ4n) is 2.24. The lowest BCUT2D eigenvalue weighted by Gasteiger charge is -2.24. The molecule has 114 valence electrons. The molecule has 2 N–H and O–H groups in total. The van der Waals surface area contributed by atoms with Gasteiger partial charge < -0.3 is 10.6 Å². The van der Waals surface area contributed by atoms with Crippen molar-refractivity contribution in [3.05, 3.63) is 29.8 Å². The van der Waals surface area contributed by atoms with Crippen LogP contribution in [0.3, 0.4) is 0 Å². The summed E-state index contributed by atoms with van der Waals surface area (Å²) in [5.74, 6) is -1.28. The van der Waals surface area contributed by atoms with Crippen molar-refractivity contribution in [2.45, 2.75) is 25.4 Å². The van der Waals surface area contributed by atoms with E-state index in [4.69, 9.17) is 0 Å². The molecular weight excluding hydrogens is 285 g/mol. The number of anilines is 1. The second-order valence-electron chi connectivity index (χ2n) is 4.98. The van der Waals surface area contributed by atoms with E-state index in [1.807, 2.05) is 18.2 Å². The Balaban J connectivity index is 1.84. The van der Waals surface area contributed by atoms with Gasteiger partial charge in [-0.3, -0.25) is 9.59 Å².